The third kappa shape index (κ3) is 3.51. The number of halogens is 1. The molecule has 1 N–H and O–H groups in total. The van der Waals surface area contributed by atoms with Crippen LogP contribution in [0.4, 0.5) is 5.69 Å². The predicted molar refractivity (Wildman–Crippen MR) is 95.0 cm³/mol. The second kappa shape index (κ2) is 6.39. The van der Waals surface area contributed by atoms with E-state index in [1.807, 2.05) is 50.2 Å². The van der Waals surface area contributed by atoms with Crippen molar-refractivity contribution in [3.63, 3.8) is 0 Å². The number of hydrogen-bond acceptors (Lipinski definition) is 2. The van der Waals surface area contributed by atoms with E-state index in [2.05, 4.69) is 10.3 Å². The molecule has 2 aromatic carbocycles. The van der Waals surface area contributed by atoms with Gasteiger partial charge in [0.25, 0.3) is 0 Å². The standard InChI is InChI=1S/C19H17ClN2O/c1-12-3-10-17-16(9-4-13(2)21-17)19(12)22-18(23)11-14-5-7-15(20)8-6-14/h3-10H,11H2,1-2H3,(H,22,23). The van der Waals surface area contributed by atoms with Crippen LogP contribution in [0, 0.1) is 13.8 Å². The highest BCUT2D eigenvalue weighted by Gasteiger charge is 2.10. The minimum atomic E-state index is -0.0523. The summed E-state index contributed by atoms with van der Waals surface area (Å²) in [7, 11) is 0. The van der Waals surface area contributed by atoms with Gasteiger partial charge in [0.2, 0.25) is 5.91 Å². The molecule has 3 rings (SSSR count). The zero-order valence-corrected chi connectivity index (χ0v) is 13.8. The molecule has 3 nitrogen and oxygen atoms in total. The average molecular weight is 325 g/mol. The Balaban J connectivity index is 1.87. The lowest BCUT2D eigenvalue weighted by Crippen LogP contribution is -2.15. The van der Waals surface area contributed by atoms with Crippen LogP contribution in [0.15, 0.2) is 48.5 Å². The van der Waals surface area contributed by atoms with E-state index in [4.69, 9.17) is 11.6 Å². The number of aryl methyl sites for hydroxylation is 2. The van der Waals surface area contributed by atoms with Crippen molar-refractivity contribution in [2.45, 2.75) is 20.3 Å². The SMILES string of the molecule is Cc1ccc2c(NC(=O)Cc3ccc(Cl)cc3)c(C)ccc2n1. The summed E-state index contributed by atoms with van der Waals surface area (Å²) in [4.78, 5) is 16.9. The lowest BCUT2D eigenvalue weighted by atomic mass is 10.1. The van der Waals surface area contributed by atoms with Crippen LogP contribution >= 0.6 is 11.6 Å². The summed E-state index contributed by atoms with van der Waals surface area (Å²) in [6.07, 6.45) is 0.312. The Kier molecular flexibility index (Phi) is 4.30. The second-order valence-electron chi connectivity index (χ2n) is 5.63. The zero-order chi connectivity index (χ0) is 16.4. The summed E-state index contributed by atoms with van der Waals surface area (Å²) in [6.45, 7) is 3.94. The van der Waals surface area contributed by atoms with Crippen LogP contribution in [0.25, 0.3) is 10.9 Å². The fourth-order valence-corrected chi connectivity index (χ4v) is 2.68. The number of benzene rings is 2. The van der Waals surface area contributed by atoms with Gasteiger partial charge in [-0.15, -0.1) is 0 Å². The van der Waals surface area contributed by atoms with Gasteiger partial charge < -0.3 is 5.32 Å². The van der Waals surface area contributed by atoms with Gasteiger partial charge in [-0.05, 0) is 55.3 Å². The van der Waals surface area contributed by atoms with Gasteiger partial charge >= 0.3 is 0 Å². The maximum Gasteiger partial charge on any atom is 0.228 e. The molecule has 23 heavy (non-hydrogen) atoms. The number of hydrogen-bond donors (Lipinski definition) is 1. The van der Waals surface area contributed by atoms with Crippen molar-refractivity contribution < 1.29 is 4.79 Å². The first-order valence-electron chi connectivity index (χ1n) is 7.44. The summed E-state index contributed by atoms with van der Waals surface area (Å²) >= 11 is 5.87. The largest absolute Gasteiger partial charge is 0.325 e. The van der Waals surface area contributed by atoms with Crippen LogP contribution < -0.4 is 5.32 Å². The molecule has 4 heteroatoms. The number of aromatic nitrogens is 1. The number of amides is 1. The number of nitrogens with zero attached hydrogens (tertiary/aromatic N) is 1. The molecule has 0 spiro atoms. The van der Waals surface area contributed by atoms with E-state index in [0.717, 1.165) is 33.4 Å². The van der Waals surface area contributed by atoms with Gasteiger partial charge in [-0.25, -0.2) is 0 Å². The third-order valence-corrected chi connectivity index (χ3v) is 4.01. The average Bonchev–Trinajstić information content (AvgIpc) is 2.52. The highest BCUT2D eigenvalue weighted by Crippen LogP contribution is 2.26. The van der Waals surface area contributed by atoms with Crippen molar-refractivity contribution in [1.82, 2.24) is 4.98 Å². The molecular weight excluding hydrogens is 308 g/mol. The van der Waals surface area contributed by atoms with Gasteiger partial charge in [-0.1, -0.05) is 29.8 Å². The van der Waals surface area contributed by atoms with E-state index < -0.39 is 0 Å². The topological polar surface area (TPSA) is 42.0 Å². The molecule has 0 saturated heterocycles. The predicted octanol–water partition coefficient (Wildman–Crippen LogP) is 4.69. The van der Waals surface area contributed by atoms with E-state index in [0.29, 0.717) is 11.4 Å². The summed E-state index contributed by atoms with van der Waals surface area (Å²) < 4.78 is 0. The van der Waals surface area contributed by atoms with Crippen LogP contribution in [0.3, 0.4) is 0 Å². The van der Waals surface area contributed by atoms with Crippen molar-refractivity contribution in [3.8, 4) is 0 Å². The first-order valence-corrected chi connectivity index (χ1v) is 7.82. The molecule has 0 unspecified atom stereocenters. The molecule has 0 bridgehead atoms. The van der Waals surface area contributed by atoms with Gasteiger partial charge in [0.15, 0.2) is 0 Å². The first-order chi connectivity index (χ1) is 11.0. The summed E-state index contributed by atoms with van der Waals surface area (Å²) in [5.74, 6) is -0.0523. The Hall–Kier alpha value is -2.39. The van der Waals surface area contributed by atoms with Crippen molar-refractivity contribution in [3.05, 3.63) is 70.4 Å². The van der Waals surface area contributed by atoms with Crippen LogP contribution in [0.2, 0.25) is 5.02 Å². The molecule has 1 aromatic heterocycles. The molecule has 0 aliphatic rings. The Morgan fingerprint density at radius 1 is 1.04 bits per heavy atom. The summed E-state index contributed by atoms with van der Waals surface area (Å²) in [6, 6.07) is 15.2. The minimum Gasteiger partial charge on any atom is -0.325 e. The van der Waals surface area contributed by atoms with Gasteiger partial charge in [0, 0.05) is 16.1 Å². The summed E-state index contributed by atoms with van der Waals surface area (Å²) in [5.41, 5.74) is 4.62. The first kappa shape index (κ1) is 15.5. The maximum absolute atomic E-state index is 12.4. The van der Waals surface area contributed by atoms with Crippen LogP contribution in [0.5, 0.6) is 0 Å². The van der Waals surface area contributed by atoms with E-state index in [9.17, 15) is 4.79 Å². The Morgan fingerprint density at radius 2 is 1.78 bits per heavy atom. The van der Waals surface area contributed by atoms with Crippen LogP contribution in [0.1, 0.15) is 16.8 Å². The molecule has 1 amide bonds. The Labute approximate surface area is 140 Å². The number of rotatable bonds is 3. The number of carbonyl (C=O) groups excluding carboxylic acids is 1. The Bertz CT molecular complexity index is 872. The highest BCUT2D eigenvalue weighted by atomic mass is 35.5. The van der Waals surface area contributed by atoms with Gasteiger partial charge in [-0.2, -0.15) is 0 Å². The van der Waals surface area contributed by atoms with E-state index >= 15 is 0 Å². The van der Waals surface area contributed by atoms with Crippen molar-refractivity contribution >= 4 is 34.1 Å². The van der Waals surface area contributed by atoms with Crippen LogP contribution in [-0.2, 0) is 11.2 Å². The van der Waals surface area contributed by atoms with E-state index in [1.165, 1.54) is 0 Å². The summed E-state index contributed by atoms with van der Waals surface area (Å²) in [5, 5.41) is 4.65. The monoisotopic (exact) mass is 324 g/mol. The molecule has 116 valence electrons. The molecule has 0 aliphatic carbocycles. The molecule has 0 fully saturated rings. The molecule has 0 atom stereocenters. The van der Waals surface area contributed by atoms with E-state index in [-0.39, 0.29) is 5.91 Å². The molecular formula is C19H17ClN2O. The minimum absolute atomic E-state index is 0.0523. The number of fused-ring (bicyclic) bond motifs is 1. The molecule has 0 radical (unpaired) electrons. The smallest absolute Gasteiger partial charge is 0.228 e. The second-order valence-corrected chi connectivity index (χ2v) is 6.06. The number of nitrogens with one attached hydrogen (secondary N) is 1. The van der Waals surface area contributed by atoms with E-state index in [1.54, 1.807) is 12.1 Å². The lowest BCUT2D eigenvalue weighted by Gasteiger charge is -2.12. The molecule has 1 heterocycles. The fraction of sp³-hybridized carbons (Fsp3) is 0.158. The van der Waals surface area contributed by atoms with Gasteiger partial charge in [-0.3, -0.25) is 9.78 Å². The number of carbonyl (C=O) groups is 1. The van der Waals surface area contributed by atoms with Crippen LogP contribution in [-0.4, -0.2) is 10.9 Å². The highest BCUT2D eigenvalue weighted by molar-refractivity contribution is 6.30. The van der Waals surface area contributed by atoms with Gasteiger partial charge in [0.05, 0.1) is 17.6 Å². The normalized spacial score (nSPS) is 10.7. The maximum atomic E-state index is 12.4. The molecule has 0 aliphatic heterocycles. The number of anilines is 1. The van der Waals surface area contributed by atoms with Crippen molar-refractivity contribution in [1.29, 1.82) is 0 Å². The number of pyridine rings is 1. The third-order valence-electron chi connectivity index (χ3n) is 3.76. The molecule has 3 aromatic rings. The van der Waals surface area contributed by atoms with Crippen molar-refractivity contribution in [2.24, 2.45) is 0 Å². The van der Waals surface area contributed by atoms with Gasteiger partial charge in [0.1, 0.15) is 0 Å². The zero-order valence-electron chi connectivity index (χ0n) is 13.1. The van der Waals surface area contributed by atoms with Crippen molar-refractivity contribution in [2.75, 3.05) is 5.32 Å². The quantitative estimate of drug-likeness (QED) is 0.759. The lowest BCUT2D eigenvalue weighted by molar-refractivity contribution is -0.115. The Morgan fingerprint density at radius 3 is 2.52 bits per heavy atom. The fourth-order valence-electron chi connectivity index (χ4n) is 2.55. The molecule has 0 saturated carbocycles.